The van der Waals surface area contributed by atoms with E-state index < -0.39 is 6.04 Å². The molecule has 0 aromatic heterocycles. The fourth-order valence-corrected chi connectivity index (χ4v) is 3.98. The lowest BCUT2D eigenvalue weighted by molar-refractivity contribution is -0.141. The number of amides is 2. The minimum atomic E-state index is -0.541. The summed E-state index contributed by atoms with van der Waals surface area (Å²) in [5.74, 6) is 1.42. The predicted octanol–water partition coefficient (Wildman–Crippen LogP) is 4.33. The number of hydrogen-bond acceptors (Lipinski definition) is 4. The standard InChI is InChI=1S/C26H34N2O4/c1-20(26(30)27-22-9-6-7-10-22)28(19-21-14-16-23(31-2)17-15-21)25(29)13-8-18-32-24-11-4-3-5-12-24/h3-5,11-12,14-17,20,22H,6-10,13,18-19H2,1-2H3,(H,27,30)/t20-/m1/s1. The van der Waals surface area contributed by atoms with Gasteiger partial charge in [-0.1, -0.05) is 43.2 Å². The SMILES string of the molecule is COc1ccc(CN(C(=O)CCCOc2ccccc2)[C@H](C)C(=O)NC2CCCC2)cc1. The molecular formula is C26H34N2O4. The highest BCUT2D eigenvalue weighted by Crippen LogP contribution is 2.19. The maximum absolute atomic E-state index is 13.1. The number of nitrogens with one attached hydrogen (secondary N) is 1. The van der Waals surface area contributed by atoms with Gasteiger partial charge in [-0.15, -0.1) is 0 Å². The number of carbonyl (C=O) groups is 2. The van der Waals surface area contributed by atoms with Crippen molar-refractivity contribution >= 4 is 11.8 Å². The maximum Gasteiger partial charge on any atom is 0.242 e. The number of nitrogens with zero attached hydrogens (tertiary/aromatic N) is 1. The zero-order valence-electron chi connectivity index (χ0n) is 19.1. The van der Waals surface area contributed by atoms with Crippen LogP contribution in [0.15, 0.2) is 54.6 Å². The topological polar surface area (TPSA) is 67.9 Å². The number of para-hydroxylation sites is 1. The zero-order chi connectivity index (χ0) is 22.8. The normalized spacial score (nSPS) is 14.6. The molecule has 0 aliphatic heterocycles. The minimum Gasteiger partial charge on any atom is -0.497 e. The molecule has 6 nitrogen and oxygen atoms in total. The van der Waals surface area contributed by atoms with Crippen LogP contribution in [-0.2, 0) is 16.1 Å². The molecular weight excluding hydrogens is 404 g/mol. The van der Waals surface area contributed by atoms with Gasteiger partial charge in [0.2, 0.25) is 11.8 Å². The lowest BCUT2D eigenvalue weighted by atomic mass is 10.1. The molecule has 1 saturated carbocycles. The van der Waals surface area contributed by atoms with Crippen molar-refractivity contribution in [2.75, 3.05) is 13.7 Å². The third kappa shape index (κ3) is 7.01. The summed E-state index contributed by atoms with van der Waals surface area (Å²) in [5, 5.41) is 3.13. The molecule has 0 saturated heterocycles. The van der Waals surface area contributed by atoms with E-state index in [2.05, 4.69) is 5.32 Å². The Hall–Kier alpha value is -3.02. The summed E-state index contributed by atoms with van der Waals surface area (Å²) in [4.78, 5) is 27.7. The molecule has 1 N–H and O–H groups in total. The van der Waals surface area contributed by atoms with Crippen LogP contribution in [-0.4, -0.2) is 42.5 Å². The third-order valence-corrected chi connectivity index (χ3v) is 5.93. The highest BCUT2D eigenvalue weighted by Gasteiger charge is 2.28. The maximum atomic E-state index is 13.1. The van der Waals surface area contributed by atoms with Crippen LogP contribution in [0.1, 0.15) is 51.0 Å². The Balaban J connectivity index is 1.60. The van der Waals surface area contributed by atoms with Gasteiger partial charge in [0.1, 0.15) is 17.5 Å². The molecule has 1 atom stereocenters. The first-order valence-electron chi connectivity index (χ1n) is 11.5. The van der Waals surface area contributed by atoms with Crippen molar-refractivity contribution in [1.82, 2.24) is 10.2 Å². The van der Waals surface area contributed by atoms with E-state index in [4.69, 9.17) is 9.47 Å². The molecule has 1 fully saturated rings. The quantitative estimate of drug-likeness (QED) is 0.530. The van der Waals surface area contributed by atoms with Crippen LogP contribution in [0, 0.1) is 0 Å². The molecule has 0 radical (unpaired) electrons. The number of hydrogen-bond donors (Lipinski definition) is 1. The highest BCUT2D eigenvalue weighted by atomic mass is 16.5. The van der Waals surface area contributed by atoms with Gasteiger partial charge >= 0.3 is 0 Å². The molecule has 1 aliphatic carbocycles. The number of carbonyl (C=O) groups excluding carboxylic acids is 2. The van der Waals surface area contributed by atoms with E-state index >= 15 is 0 Å². The largest absolute Gasteiger partial charge is 0.497 e. The minimum absolute atomic E-state index is 0.0495. The first-order valence-corrected chi connectivity index (χ1v) is 11.5. The molecule has 32 heavy (non-hydrogen) atoms. The van der Waals surface area contributed by atoms with Crippen LogP contribution in [0.25, 0.3) is 0 Å². The summed E-state index contributed by atoms with van der Waals surface area (Å²) >= 11 is 0. The van der Waals surface area contributed by atoms with E-state index in [-0.39, 0.29) is 17.9 Å². The molecule has 3 rings (SSSR count). The van der Waals surface area contributed by atoms with Gasteiger partial charge in [-0.2, -0.15) is 0 Å². The van der Waals surface area contributed by atoms with Crippen molar-refractivity contribution in [3.8, 4) is 11.5 Å². The smallest absolute Gasteiger partial charge is 0.242 e. The summed E-state index contributed by atoms with van der Waals surface area (Å²) in [5.41, 5.74) is 0.959. The van der Waals surface area contributed by atoms with Crippen molar-refractivity contribution in [3.63, 3.8) is 0 Å². The van der Waals surface area contributed by atoms with E-state index in [0.29, 0.717) is 26.0 Å². The molecule has 2 aromatic rings. The van der Waals surface area contributed by atoms with Gasteiger partial charge in [-0.25, -0.2) is 0 Å². The third-order valence-electron chi connectivity index (χ3n) is 5.93. The molecule has 2 aromatic carbocycles. The van der Waals surface area contributed by atoms with Gasteiger partial charge in [0.15, 0.2) is 0 Å². The van der Waals surface area contributed by atoms with Gasteiger partial charge < -0.3 is 19.7 Å². The van der Waals surface area contributed by atoms with Crippen LogP contribution >= 0.6 is 0 Å². The summed E-state index contributed by atoms with van der Waals surface area (Å²) < 4.78 is 10.9. The van der Waals surface area contributed by atoms with Crippen LogP contribution < -0.4 is 14.8 Å². The number of benzene rings is 2. The van der Waals surface area contributed by atoms with Crippen LogP contribution in [0.4, 0.5) is 0 Å². The van der Waals surface area contributed by atoms with Gasteiger partial charge in [0.25, 0.3) is 0 Å². The average molecular weight is 439 g/mol. The summed E-state index contributed by atoms with van der Waals surface area (Å²) in [6.07, 6.45) is 5.24. The fraction of sp³-hybridized carbons (Fsp3) is 0.462. The summed E-state index contributed by atoms with van der Waals surface area (Å²) in [6, 6.07) is 16.8. The van der Waals surface area contributed by atoms with Gasteiger partial charge in [0.05, 0.1) is 13.7 Å². The number of rotatable bonds is 11. The van der Waals surface area contributed by atoms with Crippen molar-refractivity contribution in [1.29, 1.82) is 0 Å². The van der Waals surface area contributed by atoms with Crippen LogP contribution in [0.3, 0.4) is 0 Å². The molecule has 6 heteroatoms. The average Bonchev–Trinajstić information content (AvgIpc) is 3.34. The lowest BCUT2D eigenvalue weighted by Crippen LogP contribution is -2.49. The van der Waals surface area contributed by atoms with Crippen LogP contribution in [0.5, 0.6) is 11.5 Å². The Bertz CT molecular complexity index is 848. The monoisotopic (exact) mass is 438 g/mol. The number of methoxy groups -OCH3 is 1. The van der Waals surface area contributed by atoms with Gasteiger partial charge in [-0.05, 0) is 56.0 Å². The molecule has 0 spiro atoms. The molecule has 172 valence electrons. The Morgan fingerprint density at radius 1 is 1.03 bits per heavy atom. The summed E-state index contributed by atoms with van der Waals surface area (Å²) in [6.45, 7) is 2.64. The Kier molecular flexibility index (Phi) is 8.96. The molecule has 1 aliphatic rings. The van der Waals surface area contributed by atoms with Crippen LogP contribution in [0.2, 0.25) is 0 Å². The first kappa shape index (κ1) is 23.6. The molecule has 0 unspecified atom stereocenters. The fourth-order valence-electron chi connectivity index (χ4n) is 3.98. The lowest BCUT2D eigenvalue weighted by Gasteiger charge is -2.30. The van der Waals surface area contributed by atoms with Crippen molar-refractivity contribution in [3.05, 3.63) is 60.2 Å². The highest BCUT2D eigenvalue weighted by molar-refractivity contribution is 5.87. The Labute approximate surface area is 190 Å². The summed E-state index contributed by atoms with van der Waals surface area (Å²) in [7, 11) is 1.62. The van der Waals surface area contributed by atoms with Gasteiger partial charge in [0, 0.05) is 19.0 Å². The molecule has 2 amide bonds. The van der Waals surface area contributed by atoms with E-state index in [1.165, 1.54) is 0 Å². The van der Waals surface area contributed by atoms with E-state index in [0.717, 1.165) is 42.7 Å². The second-order valence-corrected chi connectivity index (χ2v) is 8.30. The van der Waals surface area contributed by atoms with Crippen molar-refractivity contribution in [2.45, 2.75) is 64.1 Å². The van der Waals surface area contributed by atoms with E-state index in [1.807, 2.05) is 61.5 Å². The zero-order valence-corrected chi connectivity index (χ0v) is 19.1. The molecule has 0 heterocycles. The second kappa shape index (κ2) is 12.1. The first-order chi connectivity index (χ1) is 15.6. The van der Waals surface area contributed by atoms with Gasteiger partial charge in [-0.3, -0.25) is 9.59 Å². The Morgan fingerprint density at radius 2 is 1.72 bits per heavy atom. The van der Waals surface area contributed by atoms with Crippen molar-refractivity contribution in [2.24, 2.45) is 0 Å². The Morgan fingerprint density at radius 3 is 2.38 bits per heavy atom. The second-order valence-electron chi connectivity index (χ2n) is 8.30. The van der Waals surface area contributed by atoms with Crippen molar-refractivity contribution < 1.29 is 19.1 Å². The predicted molar refractivity (Wildman–Crippen MR) is 125 cm³/mol. The molecule has 0 bridgehead atoms. The van der Waals surface area contributed by atoms with E-state index in [9.17, 15) is 9.59 Å². The number of ether oxygens (including phenoxy) is 2. The van der Waals surface area contributed by atoms with E-state index in [1.54, 1.807) is 12.0 Å².